The topological polar surface area (TPSA) is 64.7 Å². The molecule has 114 valence electrons. The highest BCUT2D eigenvalue weighted by Gasteiger charge is 2.20. The van der Waals surface area contributed by atoms with Crippen molar-refractivity contribution in [2.75, 3.05) is 5.73 Å². The Morgan fingerprint density at radius 2 is 1.90 bits per heavy atom. The zero-order valence-electron chi connectivity index (χ0n) is 13.1. The van der Waals surface area contributed by atoms with Gasteiger partial charge < -0.3 is 5.73 Å². The van der Waals surface area contributed by atoms with Gasteiger partial charge >= 0.3 is 0 Å². The summed E-state index contributed by atoms with van der Waals surface area (Å²) >= 11 is 3.87. The molecule has 0 unspecified atom stereocenters. The van der Waals surface area contributed by atoms with Gasteiger partial charge in [-0.05, 0) is 34.9 Å². The van der Waals surface area contributed by atoms with Crippen molar-refractivity contribution < 1.29 is 0 Å². The van der Waals surface area contributed by atoms with Crippen molar-refractivity contribution >= 4 is 39.7 Å². The Morgan fingerprint density at radius 1 is 1.24 bits per heavy atom. The minimum absolute atomic E-state index is 0.0401. The van der Waals surface area contributed by atoms with Gasteiger partial charge in [0.05, 0.1) is 14.3 Å². The van der Waals surface area contributed by atoms with Crippen LogP contribution >= 0.6 is 33.9 Å². The summed E-state index contributed by atoms with van der Waals surface area (Å²) in [5, 5.41) is 3.10. The van der Waals surface area contributed by atoms with E-state index in [0.29, 0.717) is 17.6 Å². The molecule has 0 saturated carbocycles. The average molecular weight is 416 g/mol. The standard InChI is InChI=1S/C15H21IN4S/c1-8(2)6-9-11(16)12(17)20-13(18-9)10-7-21-14(19-10)15(3,4)5/h7-8H,6H2,1-5H3,(H2,17,18,20). The predicted octanol–water partition coefficient (Wildman–Crippen LogP) is 4.28. The van der Waals surface area contributed by atoms with Crippen LogP contribution < -0.4 is 5.73 Å². The minimum Gasteiger partial charge on any atom is -0.383 e. The van der Waals surface area contributed by atoms with Gasteiger partial charge in [-0.2, -0.15) is 0 Å². The molecule has 2 heterocycles. The first-order chi connectivity index (χ1) is 9.68. The quantitative estimate of drug-likeness (QED) is 0.759. The molecule has 4 nitrogen and oxygen atoms in total. The molecule has 0 atom stereocenters. The normalized spacial score (nSPS) is 12.1. The van der Waals surface area contributed by atoms with Crippen LogP contribution in [0.5, 0.6) is 0 Å². The second kappa shape index (κ2) is 6.16. The number of aromatic nitrogens is 3. The zero-order chi connectivity index (χ0) is 15.8. The van der Waals surface area contributed by atoms with E-state index >= 15 is 0 Å². The lowest BCUT2D eigenvalue weighted by Gasteiger charge is -2.13. The summed E-state index contributed by atoms with van der Waals surface area (Å²) in [5.74, 6) is 1.71. The van der Waals surface area contributed by atoms with Crippen LogP contribution in [0, 0.1) is 9.49 Å². The Balaban J connectivity index is 2.44. The van der Waals surface area contributed by atoms with E-state index < -0.39 is 0 Å². The van der Waals surface area contributed by atoms with Crippen LogP contribution in [0.4, 0.5) is 5.82 Å². The van der Waals surface area contributed by atoms with Crippen molar-refractivity contribution in [3.05, 3.63) is 19.7 Å². The van der Waals surface area contributed by atoms with E-state index in [2.05, 4.69) is 72.2 Å². The summed E-state index contributed by atoms with van der Waals surface area (Å²) in [4.78, 5) is 13.8. The minimum atomic E-state index is 0.0401. The Bertz CT molecular complexity index is 644. The van der Waals surface area contributed by atoms with Crippen LogP contribution in [0.15, 0.2) is 5.38 Å². The van der Waals surface area contributed by atoms with Gasteiger partial charge in [0.15, 0.2) is 5.82 Å². The van der Waals surface area contributed by atoms with Crippen LogP contribution in [0.3, 0.4) is 0 Å². The maximum atomic E-state index is 6.04. The van der Waals surface area contributed by atoms with Crippen molar-refractivity contribution in [3.8, 4) is 11.5 Å². The highest BCUT2D eigenvalue weighted by atomic mass is 127. The zero-order valence-corrected chi connectivity index (χ0v) is 16.0. The molecule has 0 saturated heterocycles. The first-order valence-electron chi connectivity index (χ1n) is 6.96. The van der Waals surface area contributed by atoms with Crippen molar-refractivity contribution in [2.45, 2.75) is 46.5 Å². The largest absolute Gasteiger partial charge is 0.383 e. The predicted molar refractivity (Wildman–Crippen MR) is 97.5 cm³/mol. The van der Waals surface area contributed by atoms with E-state index in [1.807, 2.05) is 5.38 Å². The van der Waals surface area contributed by atoms with Crippen molar-refractivity contribution in [3.63, 3.8) is 0 Å². The maximum absolute atomic E-state index is 6.04. The molecule has 21 heavy (non-hydrogen) atoms. The Kier molecular flexibility index (Phi) is 4.87. The fraction of sp³-hybridized carbons (Fsp3) is 0.533. The van der Waals surface area contributed by atoms with Gasteiger partial charge in [0.1, 0.15) is 11.5 Å². The summed E-state index contributed by atoms with van der Waals surface area (Å²) in [5.41, 5.74) is 7.91. The van der Waals surface area contributed by atoms with E-state index in [1.165, 1.54) is 0 Å². The van der Waals surface area contributed by atoms with Gasteiger partial charge in [-0.15, -0.1) is 11.3 Å². The van der Waals surface area contributed by atoms with E-state index in [-0.39, 0.29) is 5.41 Å². The van der Waals surface area contributed by atoms with Crippen LogP contribution in [0.1, 0.15) is 45.3 Å². The first-order valence-corrected chi connectivity index (χ1v) is 8.92. The summed E-state index contributed by atoms with van der Waals surface area (Å²) in [6.45, 7) is 10.8. The highest BCUT2D eigenvalue weighted by molar-refractivity contribution is 14.1. The van der Waals surface area contributed by atoms with E-state index in [9.17, 15) is 0 Å². The Morgan fingerprint density at radius 3 is 2.43 bits per heavy atom. The molecule has 2 N–H and O–H groups in total. The SMILES string of the molecule is CC(C)Cc1nc(-c2csc(C(C)(C)C)n2)nc(N)c1I. The molecule has 2 aromatic heterocycles. The number of hydrogen-bond donors (Lipinski definition) is 1. The van der Waals surface area contributed by atoms with Crippen molar-refractivity contribution in [1.82, 2.24) is 15.0 Å². The molecule has 0 spiro atoms. The second-order valence-electron chi connectivity index (χ2n) is 6.58. The molecule has 2 aromatic rings. The molecule has 0 aliphatic heterocycles. The van der Waals surface area contributed by atoms with Gasteiger partial charge in [-0.3, -0.25) is 0 Å². The van der Waals surface area contributed by atoms with E-state index in [1.54, 1.807) is 11.3 Å². The fourth-order valence-corrected chi connectivity index (χ4v) is 3.22. The molecule has 0 aliphatic rings. The van der Waals surface area contributed by atoms with Crippen LogP contribution in [0.2, 0.25) is 0 Å². The number of rotatable bonds is 3. The van der Waals surface area contributed by atoms with Crippen LogP contribution in [-0.2, 0) is 11.8 Å². The number of nitrogens with two attached hydrogens (primary N) is 1. The van der Waals surface area contributed by atoms with Gasteiger partial charge in [0.2, 0.25) is 0 Å². The number of nitrogens with zero attached hydrogens (tertiary/aromatic N) is 3. The first kappa shape index (κ1) is 16.6. The number of hydrogen-bond acceptors (Lipinski definition) is 5. The summed E-state index contributed by atoms with van der Waals surface area (Å²) in [7, 11) is 0. The molecule has 0 amide bonds. The number of anilines is 1. The molecular formula is C15H21IN4S. The van der Waals surface area contributed by atoms with Gasteiger partial charge in [0, 0.05) is 10.8 Å². The lowest BCUT2D eigenvalue weighted by atomic mass is 9.98. The summed E-state index contributed by atoms with van der Waals surface area (Å²) < 4.78 is 0.955. The van der Waals surface area contributed by atoms with Crippen LogP contribution in [-0.4, -0.2) is 15.0 Å². The van der Waals surface area contributed by atoms with E-state index in [4.69, 9.17) is 5.73 Å². The lowest BCUT2D eigenvalue weighted by Crippen LogP contribution is -2.11. The smallest absolute Gasteiger partial charge is 0.181 e. The average Bonchev–Trinajstić information content (AvgIpc) is 2.83. The fourth-order valence-electron chi connectivity index (χ4n) is 1.87. The number of nitrogen functional groups attached to an aromatic ring is 1. The summed E-state index contributed by atoms with van der Waals surface area (Å²) in [6.07, 6.45) is 0.897. The van der Waals surface area contributed by atoms with Gasteiger partial charge in [-0.25, -0.2) is 15.0 Å². The maximum Gasteiger partial charge on any atom is 0.181 e. The molecule has 0 aromatic carbocycles. The van der Waals surface area contributed by atoms with Gasteiger partial charge in [-0.1, -0.05) is 34.6 Å². The molecule has 0 radical (unpaired) electrons. The van der Waals surface area contributed by atoms with E-state index in [0.717, 1.165) is 26.4 Å². The summed E-state index contributed by atoms with van der Waals surface area (Å²) in [6, 6.07) is 0. The number of thiazole rings is 1. The van der Waals surface area contributed by atoms with Crippen molar-refractivity contribution in [2.24, 2.45) is 5.92 Å². The Labute approximate surface area is 143 Å². The van der Waals surface area contributed by atoms with Gasteiger partial charge in [0.25, 0.3) is 0 Å². The third kappa shape index (κ3) is 3.91. The molecule has 0 aliphatic carbocycles. The molecular weight excluding hydrogens is 395 g/mol. The number of halogens is 1. The molecule has 0 fully saturated rings. The monoisotopic (exact) mass is 416 g/mol. The molecule has 0 bridgehead atoms. The van der Waals surface area contributed by atoms with Crippen LogP contribution in [0.25, 0.3) is 11.5 Å². The molecule has 2 rings (SSSR count). The molecule has 6 heteroatoms. The Hall–Kier alpha value is -0.760. The second-order valence-corrected chi connectivity index (χ2v) is 8.52. The third-order valence-corrected chi connectivity index (χ3v) is 5.37. The highest BCUT2D eigenvalue weighted by Crippen LogP contribution is 2.30. The third-order valence-electron chi connectivity index (χ3n) is 2.92. The van der Waals surface area contributed by atoms with Crippen molar-refractivity contribution in [1.29, 1.82) is 0 Å². The lowest BCUT2D eigenvalue weighted by molar-refractivity contribution is 0.585.